The van der Waals surface area contributed by atoms with Crippen LogP contribution in [0.3, 0.4) is 0 Å². The van der Waals surface area contributed by atoms with Gasteiger partial charge in [0.1, 0.15) is 5.75 Å². The first-order valence-electron chi connectivity index (χ1n) is 5.94. The molecule has 5 heteroatoms. The average Bonchev–Trinajstić information content (AvgIpc) is 2.43. The first-order chi connectivity index (χ1) is 9.56. The molecule has 1 unspecified atom stereocenters. The zero-order chi connectivity index (χ0) is 14.5. The van der Waals surface area contributed by atoms with E-state index in [0.29, 0.717) is 21.4 Å². The third kappa shape index (κ3) is 3.89. The Kier molecular flexibility index (Phi) is 4.88. The maximum Gasteiger partial charge on any atom is 0.341 e. The Bertz CT molecular complexity index is 599. The summed E-state index contributed by atoms with van der Waals surface area (Å²) in [5.74, 6) is -0.0485. The Morgan fingerprint density at radius 2 is 1.80 bits per heavy atom. The van der Waals surface area contributed by atoms with Gasteiger partial charge in [-0.3, -0.25) is 0 Å². The van der Waals surface area contributed by atoms with Crippen LogP contribution in [0.1, 0.15) is 17.3 Å². The molecule has 0 radical (unpaired) electrons. The molecule has 0 bridgehead atoms. The summed E-state index contributed by atoms with van der Waals surface area (Å²) in [6.45, 7) is 1.62. The van der Waals surface area contributed by atoms with Crippen LogP contribution in [0.15, 0.2) is 48.5 Å². The summed E-state index contributed by atoms with van der Waals surface area (Å²) in [6.07, 6.45) is -0.763. The monoisotopic (exact) mass is 310 g/mol. The lowest BCUT2D eigenvalue weighted by Gasteiger charge is -2.16. The van der Waals surface area contributed by atoms with E-state index in [4.69, 9.17) is 32.7 Å². The second-order valence-electron chi connectivity index (χ2n) is 4.03. The zero-order valence-electron chi connectivity index (χ0n) is 10.7. The van der Waals surface area contributed by atoms with Gasteiger partial charge in [0.15, 0.2) is 0 Å². The Balaban J connectivity index is 1.99. The molecule has 0 saturated carbocycles. The average molecular weight is 311 g/mol. The minimum atomic E-state index is -0.763. The third-order valence-electron chi connectivity index (χ3n) is 2.47. The smallest absolute Gasteiger partial charge is 0.341 e. The summed E-state index contributed by atoms with van der Waals surface area (Å²) in [6, 6.07) is 13.5. The molecule has 0 aliphatic rings. The van der Waals surface area contributed by atoms with E-state index in [0.717, 1.165) is 0 Å². The quantitative estimate of drug-likeness (QED) is 0.612. The number of rotatable bonds is 4. The molecule has 0 fully saturated rings. The van der Waals surface area contributed by atoms with Gasteiger partial charge in [0, 0.05) is 11.9 Å². The summed E-state index contributed by atoms with van der Waals surface area (Å²) in [4.78, 5) is 11.8. The number of ether oxygens (including phenoxy) is 2. The van der Waals surface area contributed by atoms with Gasteiger partial charge in [0.25, 0.3) is 0 Å². The summed E-state index contributed by atoms with van der Waals surface area (Å²) >= 11 is 11.8. The number of benzene rings is 2. The van der Waals surface area contributed by atoms with E-state index in [2.05, 4.69) is 0 Å². The molecule has 104 valence electrons. The van der Waals surface area contributed by atoms with Crippen LogP contribution in [0, 0.1) is 0 Å². The summed E-state index contributed by atoms with van der Waals surface area (Å²) in [7, 11) is 0. The molecular weight excluding hydrogens is 299 g/mol. The lowest BCUT2D eigenvalue weighted by Crippen LogP contribution is -2.21. The van der Waals surface area contributed by atoms with Gasteiger partial charge in [-0.2, -0.15) is 0 Å². The van der Waals surface area contributed by atoms with Crippen LogP contribution in [0.5, 0.6) is 5.75 Å². The van der Waals surface area contributed by atoms with Crippen molar-refractivity contribution in [1.82, 2.24) is 0 Å². The van der Waals surface area contributed by atoms with Gasteiger partial charge < -0.3 is 9.47 Å². The molecule has 0 aliphatic carbocycles. The highest BCUT2D eigenvalue weighted by Gasteiger charge is 2.14. The topological polar surface area (TPSA) is 35.5 Å². The lowest BCUT2D eigenvalue weighted by molar-refractivity contribution is -0.0371. The Morgan fingerprint density at radius 3 is 2.45 bits per heavy atom. The fourth-order valence-corrected chi connectivity index (χ4v) is 2.02. The zero-order valence-corrected chi connectivity index (χ0v) is 12.2. The van der Waals surface area contributed by atoms with Crippen molar-refractivity contribution in [2.24, 2.45) is 0 Å². The van der Waals surface area contributed by atoms with Gasteiger partial charge in [-0.25, -0.2) is 4.79 Å². The molecule has 2 aromatic carbocycles. The number of carbonyl (C=O) groups excluding carboxylic acids is 1. The van der Waals surface area contributed by atoms with Crippen LogP contribution in [0.25, 0.3) is 0 Å². The molecule has 0 aliphatic heterocycles. The predicted molar refractivity (Wildman–Crippen MR) is 78.4 cm³/mol. The molecule has 0 N–H and O–H groups in total. The van der Waals surface area contributed by atoms with E-state index < -0.39 is 12.3 Å². The van der Waals surface area contributed by atoms with Crippen LogP contribution in [-0.2, 0) is 4.74 Å². The van der Waals surface area contributed by atoms with E-state index in [1.807, 2.05) is 6.07 Å². The van der Waals surface area contributed by atoms with Crippen molar-refractivity contribution in [2.45, 2.75) is 13.2 Å². The fraction of sp³-hybridized carbons (Fsp3) is 0.133. The molecule has 0 heterocycles. The minimum absolute atomic E-state index is 0.361. The fourth-order valence-electron chi connectivity index (χ4n) is 1.57. The normalized spacial score (nSPS) is 11.8. The molecule has 1 atom stereocenters. The van der Waals surface area contributed by atoms with Crippen LogP contribution in [0.4, 0.5) is 0 Å². The van der Waals surface area contributed by atoms with E-state index in [9.17, 15) is 4.79 Å². The molecule has 0 spiro atoms. The summed E-state index contributed by atoms with van der Waals surface area (Å²) in [5.41, 5.74) is 0.463. The largest absolute Gasteiger partial charge is 0.454 e. The van der Waals surface area contributed by atoms with Crippen molar-refractivity contribution < 1.29 is 14.3 Å². The molecule has 2 aromatic rings. The maximum absolute atomic E-state index is 11.8. The Morgan fingerprint density at radius 1 is 1.10 bits per heavy atom. The maximum atomic E-state index is 11.8. The molecule has 2 rings (SSSR count). The van der Waals surface area contributed by atoms with Gasteiger partial charge in [0.05, 0.1) is 10.6 Å². The standard InChI is InChI=1S/C15H12Cl2O3/c1-10(19-14-8-7-12(16)9-13(14)17)20-15(18)11-5-3-2-4-6-11/h2-10H,1H3. The molecule has 20 heavy (non-hydrogen) atoms. The van der Waals surface area contributed by atoms with Crippen molar-refractivity contribution in [3.05, 3.63) is 64.1 Å². The molecule has 0 saturated heterocycles. The molecular formula is C15H12Cl2O3. The van der Waals surface area contributed by atoms with E-state index in [1.165, 1.54) is 0 Å². The first kappa shape index (κ1) is 14.7. The number of hydrogen-bond acceptors (Lipinski definition) is 3. The van der Waals surface area contributed by atoms with Crippen molar-refractivity contribution in [3.8, 4) is 5.75 Å². The highest BCUT2D eigenvalue weighted by molar-refractivity contribution is 6.35. The number of esters is 1. The van der Waals surface area contributed by atoms with Crippen molar-refractivity contribution >= 4 is 29.2 Å². The minimum Gasteiger partial charge on any atom is -0.454 e. The summed E-state index contributed by atoms with van der Waals surface area (Å²) < 4.78 is 10.6. The highest BCUT2D eigenvalue weighted by Crippen LogP contribution is 2.28. The van der Waals surface area contributed by atoms with Gasteiger partial charge in [0.2, 0.25) is 6.29 Å². The second kappa shape index (κ2) is 6.64. The van der Waals surface area contributed by atoms with Crippen molar-refractivity contribution in [2.75, 3.05) is 0 Å². The van der Waals surface area contributed by atoms with Gasteiger partial charge in [-0.1, -0.05) is 41.4 Å². The van der Waals surface area contributed by atoms with E-state index >= 15 is 0 Å². The Labute approximate surface area is 127 Å². The lowest BCUT2D eigenvalue weighted by atomic mass is 10.2. The second-order valence-corrected chi connectivity index (χ2v) is 4.88. The number of halogens is 2. The molecule has 3 nitrogen and oxygen atoms in total. The molecule has 0 aromatic heterocycles. The highest BCUT2D eigenvalue weighted by atomic mass is 35.5. The van der Waals surface area contributed by atoms with Gasteiger partial charge in [-0.15, -0.1) is 0 Å². The summed E-state index contributed by atoms with van der Waals surface area (Å²) in [5, 5.41) is 0.872. The van der Waals surface area contributed by atoms with Gasteiger partial charge >= 0.3 is 5.97 Å². The predicted octanol–water partition coefficient (Wildman–Crippen LogP) is 4.58. The Hall–Kier alpha value is -1.71. The first-order valence-corrected chi connectivity index (χ1v) is 6.69. The third-order valence-corrected chi connectivity index (χ3v) is 3.00. The number of hydrogen-bond donors (Lipinski definition) is 0. The number of carbonyl (C=O) groups is 1. The van der Waals surface area contributed by atoms with Crippen LogP contribution in [0.2, 0.25) is 10.0 Å². The van der Waals surface area contributed by atoms with Gasteiger partial charge in [-0.05, 0) is 30.3 Å². The van der Waals surface area contributed by atoms with Crippen LogP contribution in [-0.4, -0.2) is 12.3 Å². The van der Waals surface area contributed by atoms with Crippen LogP contribution >= 0.6 is 23.2 Å². The molecule has 0 amide bonds. The van der Waals surface area contributed by atoms with E-state index in [1.54, 1.807) is 49.4 Å². The van der Waals surface area contributed by atoms with Crippen molar-refractivity contribution in [1.29, 1.82) is 0 Å². The SMILES string of the molecule is CC(OC(=O)c1ccccc1)Oc1ccc(Cl)cc1Cl. The van der Waals surface area contributed by atoms with Crippen LogP contribution < -0.4 is 4.74 Å². The van der Waals surface area contributed by atoms with Crippen molar-refractivity contribution in [3.63, 3.8) is 0 Å². The van der Waals surface area contributed by atoms with E-state index in [-0.39, 0.29) is 0 Å².